The van der Waals surface area contributed by atoms with Crippen LogP contribution < -0.4 is 5.32 Å². The first-order valence-corrected chi connectivity index (χ1v) is 6.31. The quantitative estimate of drug-likeness (QED) is 0.803. The molecule has 5 heteroatoms. The highest BCUT2D eigenvalue weighted by Crippen LogP contribution is 2.15. The molecule has 0 bridgehead atoms. The largest absolute Gasteiger partial charge is 0.389 e. The van der Waals surface area contributed by atoms with E-state index in [-0.39, 0.29) is 11.1 Å². The van der Waals surface area contributed by atoms with Crippen LogP contribution in [0.15, 0.2) is 18.2 Å². The van der Waals surface area contributed by atoms with Gasteiger partial charge in [0.25, 0.3) is 0 Å². The van der Waals surface area contributed by atoms with Crippen molar-refractivity contribution in [2.75, 3.05) is 13.2 Å². The highest BCUT2D eigenvalue weighted by molar-refractivity contribution is 6.30. The van der Waals surface area contributed by atoms with Crippen molar-refractivity contribution in [1.29, 1.82) is 0 Å². The molecule has 0 aromatic heterocycles. The van der Waals surface area contributed by atoms with E-state index in [0.29, 0.717) is 19.7 Å². The van der Waals surface area contributed by atoms with E-state index in [9.17, 15) is 9.50 Å². The fourth-order valence-electron chi connectivity index (χ4n) is 1.40. The van der Waals surface area contributed by atoms with Crippen LogP contribution in [0.1, 0.15) is 19.4 Å². The maximum absolute atomic E-state index is 12.9. The number of benzene rings is 1. The van der Waals surface area contributed by atoms with Crippen LogP contribution in [0.5, 0.6) is 0 Å². The topological polar surface area (TPSA) is 41.5 Å². The lowest BCUT2D eigenvalue weighted by molar-refractivity contribution is 0.00630. The molecule has 102 valence electrons. The number of nitrogens with one attached hydrogen (secondary N) is 1. The zero-order valence-electron chi connectivity index (χ0n) is 10.6. The second-order valence-corrected chi connectivity index (χ2v) is 4.82. The Labute approximate surface area is 112 Å². The molecule has 0 aliphatic rings. The van der Waals surface area contributed by atoms with Crippen molar-refractivity contribution in [3.05, 3.63) is 34.6 Å². The molecule has 2 N–H and O–H groups in total. The number of rotatable bonds is 7. The minimum atomic E-state index is -0.552. The molecule has 0 fully saturated rings. The van der Waals surface area contributed by atoms with E-state index in [0.717, 1.165) is 5.56 Å². The molecule has 0 spiro atoms. The van der Waals surface area contributed by atoms with Gasteiger partial charge in [0.2, 0.25) is 0 Å². The van der Waals surface area contributed by atoms with Gasteiger partial charge in [-0.2, -0.15) is 0 Å². The second-order valence-electron chi connectivity index (χ2n) is 4.42. The first-order chi connectivity index (χ1) is 8.49. The average molecular weight is 276 g/mol. The summed E-state index contributed by atoms with van der Waals surface area (Å²) in [5.74, 6) is -0.425. The van der Waals surface area contributed by atoms with Crippen molar-refractivity contribution in [2.45, 2.75) is 32.6 Å². The fourth-order valence-corrected chi connectivity index (χ4v) is 1.60. The van der Waals surface area contributed by atoms with Crippen molar-refractivity contribution in [2.24, 2.45) is 0 Å². The Morgan fingerprint density at radius 2 is 2.17 bits per heavy atom. The minimum absolute atomic E-state index is 0.107. The van der Waals surface area contributed by atoms with E-state index in [1.165, 1.54) is 6.07 Å². The highest BCUT2D eigenvalue weighted by Gasteiger charge is 2.06. The highest BCUT2D eigenvalue weighted by atomic mass is 35.5. The summed E-state index contributed by atoms with van der Waals surface area (Å²) in [6.45, 7) is 5.08. The summed E-state index contributed by atoms with van der Waals surface area (Å²) in [6, 6.07) is 4.56. The smallest absolute Gasteiger partial charge is 0.141 e. The van der Waals surface area contributed by atoms with Gasteiger partial charge in [0, 0.05) is 13.1 Å². The number of halogens is 2. The fraction of sp³-hybridized carbons (Fsp3) is 0.538. The van der Waals surface area contributed by atoms with Gasteiger partial charge in [-0.15, -0.1) is 0 Å². The monoisotopic (exact) mass is 275 g/mol. The second kappa shape index (κ2) is 7.69. The van der Waals surface area contributed by atoms with Gasteiger partial charge in [-0.3, -0.25) is 0 Å². The molecule has 0 aliphatic heterocycles. The van der Waals surface area contributed by atoms with Gasteiger partial charge in [-0.05, 0) is 31.5 Å². The molecule has 0 aliphatic carbocycles. The Hall–Kier alpha value is -0.680. The first kappa shape index (κ1) is 15.4. The van der Waals surface area contributed by atoms with Gasteiger partial charge in [-0.1, -0.05) is 17.7 Å². The third-order valence-corrected chi connectivity index (χ3v) is 2.60. The minimum Gasteiger partial charge on any atom is -0.389 e. The van der Waals surface area contributed by atoms with E-state index < -0.39 is 11.9 Å². The predicted molar refractivity (Wildman–Crippen MR) is 70.2 cm³/mol. The van der Waals surface area contributed by atoms with Crippen LogP contribution in [0.3, 0.4) is 0 Å². The lowest BCUT2D eigenvalue weighted by atomic mass is 10.2. The van der Waals surface area contributed by atoms with Gasteiger partial charge in [0.05, 0.1) is 23.8 Å². The van der Waals surface area contributed by atoms with E-state index in [1.54, 1.807) is 12.1 Å². The van der Waals surface area contributed by atoms with E-state index in [2.05, 4.69) is 5.32 Å². The molecule has 0 amide bonds. The van der Waals surface area contributed by atoms with Crippen LogP contribution in [0, 0.1) is 5.82 Å². The molecular weight excluding hydrogens is 257 g/mol. The molecule has 1 aromatic rings. The van der Waals surface area contributed by atoms with E-state index in [4.69, 9.17) is 16.3 Å². The average Bonchev–Trinajstić information content (AvgIpc) is 2.31. The van der Waals surface area contributed by atoms with Crippen molar-refractivity contribution >= 4 is 11.6 Å². The number of ether oxygens (including phenoxy) is 1. The first-order valence-electron chi connectivity index (χ1n) is 5.93. The zero-order chi connectivity index (χ0) is 13.5. The molecule has 0 saturated carbocycles. The number of aliphatic hydroxyl groups is 1. The van der Waals surface area contributed by atoms with Crippen LogP contribution >= 0.6 is 11.6 Å². The van der Waals surface area contributed by atoms with Gasteiger partial charge >= 0.3 is 0 Å². The van der Waals surface area contributed by atoms with Crippen LogP contribution in [0.2, 0.25) is 5.02 Å². The number of aliphatic hydroxyl groups excluding tert-OH is 1. The Kier molecular flexibility index (Phi) is 6.57. The van der Waals surface area contributed by atoms with Crippen molar-refractivity contribution in [1.82, 2.24) is 5.32 Å². The molecule has 3 nitrogen and oxygen atoms in total. The third kappa shape index (κ3) is 5.78. The van der Waals surface area contributed by atoms with Gasteiger partial charge in [0.1, 0.15) is 5.82 Å². The molecule has 0 heterocycles. The summed E-state index contributed by atoms with van der Waals surface area (Å²) >= 11 is 5.67. The number of hydrogen-bond donors (Lipinski definition) is 2. The van der Waals surface area contributed by atoms with Crippen molar-refractivity contribution < 1.29 is 14.2 Å². The van der Waals surface area contributed by atoms with Gasteiger partial charge in [0.15, 0.2) is 0 Å². The maximum atomic E-state index is 12.9. The summed E-state index contributed by atoms with van der Waals surface area (Å²) in [7, 11) is 0. The normalized spacial score (nSPS) is 13.0. The molecule has 1 aromatic carbocycles. The Balaban J connectivity index is 2.26. The Morgan fingerprint density at radius 3 is 2.78 bits per heavy atom. The van der Waals surface area contributed by atoms with Crippen molar-refractivity contribution in [3.63, 3.8) is 0 Å². The van der Waals surface area contributed by atoms with Gasteiger partial charge < -0.3 is 15.2 Å². The molecule has 1 rings (SSSR count). The Bertz CT molecular complexity index is 374. The zero-order valence-corrected chi connectivity index (χ0v) is 11.4. The van der Waals surface area contributed by atoms with E-state index >= 15 is 0 Å². The van der Waals surface area contributed by atoms with E-state index in [1.807, 2.05) is 13.8 Å². The lowest BCUT2D eigenvalue weighted by Gasteiger charge is -2.14. The summed E-state index contributed by atoms with van der Waals surface area (Å²) in [6.07, 6.45) is -0.445. The maximum Gasteiger partial charge on any atom is 0.141 e. The van der Waals surface area contributed by atoms with Crippen LogP contribution in [0.4, 0.5) is 4.39 Å². The standard InChI is InChI=1S/C13H19ClFNO2/c1-9(2)18-8-11(17)7-16-6-10-3-4-13(15)12(14)5-10/h3-5,9,11,16-17H,6-8H2,1-2H3. The summed E-state index contributed by atoms with van der Waals surface area (Å²) in [5, 5.41) is 12.8. The molecular formula is C13H19ClFNO2. The summed E-state index contributed by atoms with van der Waals surface area (Å²) in [5.41, 5.74) is 0.873. The molecule has 1 atom stereocenters. The molecule has 18 heavy (non-hydrogen) atoms. The summed E-state index contributed by atoms with van der Waals surface area (Å²) in [4.78, 5) is 0. The molecule has 0 saturated heterocycles. The molecule has 0 radical (unpaired) electrons. The predicted octanol–water partition coefficient (Wildman–Crippen LogP) is 2.35. The number of hydrogen-bond acceptors (Lipinski definition) is 3. The van der Waals surface area contributed by atoms with Gasteiger partial charge in [-0.25, -0.2) is 4.39 Å². The van der Waals surface area contributed by atoms with Crippen molar-refractivity contribution in [3.8, 4) is 0 Å². The van der Waals surface area contributed by atoms with Crippen LogP contribution in [-0.4, -0.2) is 30.5 Å². The summed E-state index contributed by atoms with van der Waals surface area (Å²) < 4.78 is 18.2. The third-order valence-electron chi connectivity index (χ3n) is 2.32. The van der Waals surface area contributed by atoms with Crippen LogP contribution in [0.25, 0.3) is 0 Å². The lowest BCUT2D eigenvalue weighted by Crippen LogP contribution is -2.31. The SMILES string of the molecule is CC(C)OCC(O)CNCc1ccc(F)c(Cl)c1. The van der Waals surface area contributed by atoms with Crippen LogP contribution in [-0.2, 0) is 11.3 Å². The Morgan fingerprint density at radius 1 is 1.44 bits per heavy atom. The molecule has 1 unspecified atom stereocenters.